The smallest absolute Gasteiger partial charge is 0.207 e. The van der Waals surface area contributed by atoms with Gasteiger partial charge in [-0.25, -0.2) is 9.37 Å². The second kappa shape index (κ2) is 3.68. The number of imidazole rings is 1. The monoisotopic (exact) mass is 207 g/mol. The van der Waals surface area contributed by atoms with E-state index >= 15 is 0 Å². The third-order valence-corrected chi connectivity index (χ3v) is 2.26. The number of rotatable bonds is 3. The number of nitrogens with one attached hydrogen (secondary N) is 1. The van der Waals surface area contributed by atoms with E-state index in [1.807, 2.05) is 0 Å². The molecule has 2 rings (SSSR count). The largest absolute Gasteiger partial charge is 0.353 e. The Kier molecular flexibility index (Phi) is 2.37. The molecule has 0 bridgehead atoms. The molecule has 1 N–H and O–H groups in total. The molecule has 0 aliphatic carbocycles. The van der Waals surface area contributed by atoms with Gasteiger partial charge in [-0.15, -0.1) is 0 Å². The molecule has 0 aliphatic heterocycles. The molecule has 0 unspecified atom stereocenters. The minimum absolute atomic E-state index is 0.236. The summed E-state index contributed by atoms with van der Waals surface area (Å²) in [4.78, 5) is 14.2. The van der Waals surface area contributed by atoms with Crippen LogP contribution in [0, 0.1) is 12.7 Å². The third kappa shape index (κ3) is 1.56. The molecule has 0 aliphatic rings. The molecular formula is C10H10FN3O. The van der Waals surface area contributed by atoms with Gasteiger partial charge in [0.25, 0.3) is 0 Å². The van der Waals surface area contributed by atoms with Crippen molar-refractivity contribution in [2.24, 2.45) is 0 Å². The molecule has 78 valence electrons. The van der Waals surface area contributed by atoms with Gasteiger partial charge < -0.3 is 9.72 Å². The van der Waals surface area contributed by atoms with Gasteiger partial charge in [0.2, 0.25) is 6.41 Å². The van der Waals surface area contributed by atoms with E-state index in [9.17, 15) is 9.18 Å². The van der Waals surface area contributed by atoms with E-state index in [0.717, 1.165) is 0 Å². The molecule has 4 nitrogen and oxygen atoms in total. The van der Waals surface area contributed by atoms with Gasteiger partial charge >= 0.3 is 0 Å². The molecule has 15 heavy (non-hydrogen) atoms. The van der Waals surface area contributed by atoms with Crippen LogP contribution in [-0.4, -0.2) is 15.8 Å². The Hall–Kier alpha value is -1.91. The molecule has 2 aromatic heterocycles. The number of amides is 1. The highest BCUT2D eigenvalue weighted by atomic mass is 19.1. The van der Waals surface area contributed by atoms with Crippen molar-refractivity contribution in [2.75, 3.05) is 0 Å². The van der Waals surface area contributed by atoms with Crippen LogP contribution in [0.15, 0.2) is 18.6 Å². The number of aromatic nitrogens is 2. The normalized spacial score (nSPS) is 10.5. The van der Waals surface area contributed by atoms with Crippen LogP contribution in [-0.2, 0) is 11.3 Å². The summed E-state index contributed by atoms with van der Waals surface area (Å²) in [5.74, 6) is -0.294. The zero-order chi connectivity index (χ0) is 10.8. The van der Waals surface area contributed by atoms with Crippen molar-refractivity contribution in [3.05, 3.63) is 35.7 Å². The van der Waals surface area contributed by atoms with E-state index in [4.69, 9.17) is 0 Å². The second-order valence-electron chi connectivity index (χ2n) is 3.26. The summed E-state index contributed by atoms with van der Waals surface area (Å²) in [5, 5.41) is 2.47. The van der Waals surface area contributed by atoms with Crippen molar-refractivity contribution >= 4 is 11.9 Å². The van der Waals surface area contributed by atoms with Crippen LogP contribution in [0.25, 0.3) is 5.52 Å². The highest BCUT2D eigenvalue weighted by molar-refractivity contribution is 5.56. The summed E-state index contributed by atoms with van der Waals surface area (Å²) in [6.45, 7) is 1.93. The molecule has 2 aromatic rings. The van der Waals surface area contributed by atoms with E-state index in [2.05, 4.69) is 10.3 Å². The zero-order valence-corrected chi connectivity index (χ0v) is 8.20. The molecule has 2 heterocycles. The predicted molar refractivity (Wildman–Crippen MR) is 52.8 cm³/mol. The van der Waals surface area contributed by atoms with Gasteiger partial charge in [0.15, 0.2) is 5.82 Å². The molecule has 0 saturated carbocycles. The number of fused-ring (bicyclic) bond motifs is 1. The lowest BCUT2D eigenvalue weighted by Gasteiger charge is -2.01. The van der Waals surface area contributed by atoms with Crippen molar-refractivity contribution < 1.29 is 9.18 Å². The van der Waals surface area contributed by atoms with Gasteiger partial charge in [0.1, 0.15) is 5.52 Å². The van der Waals surface area contributed by atoms with E-state index in [-0.39, 0.29) is 12.4 Å². The number of hydrogen-bond donors (Lipinski definition) is 1. The third-order valence-electron chi connectivity index (χ3n) is 2.26. The maximum atomic E-state index is 13.7. The van der Waals surface area contributed by atoms with E-state index in [0.29, 0.717) is 23.2 Å². The molecule has 0 atom stereocenters. The first-order chi connectivity index (χ1) is 7.24. The Morgan fingerprint density at radius 1 is 1.67 bits per heavy atom. The summed E-state index contributed by atoms with van der Waals surface area (Å²) < 4.78 is 15.3. The second-order valence-corrected chi connectivity index (χ2v) is 3.26. The molecule has 5 heteroatoms. The molecule has 0 aromatic carbocycles. The summed E-state index contributed by atoms with van der Waals surface area (Å²) in [7, 11) is 0. The van der Waals surface area contributed by atoms with Gasteiger partial charge in [0.05, 0.1) is 18.6 Å². The lowest BCUT2D eigenvalue weighted by atomic mass is 10.2. The average Bonchev–Trinajstić information content (AvgIpc) is 2.64. The molecule has 0 fully saturated rings. The maximum Gasteiger partial charge on any atom is 0.207 e. The van der Waals surface area contributed by atoms with Crippen LogP contribution in [0.3, 0.4) is 0 Å². The highest BCUT2D eigenvalue weighted by Crippen LogP contribution is 2.16. The SMILES string of the molecule is Cc1ccn2cnc(CNC=O)c2c1F. The van der Waals surface area contributed by atoms with Crippen molar-refractivity contribution in [1.29, 1.82) is 0 Å². The first kappa shape index (κ1) is 9.64. The predicted octanol–water partition coefficient (Wildman–Crippen LogP) is 1.03. The molecule has 0 radical (unpaired) electrons. The first-order valence-electron chi connectivity index (χ1n) is 4.51. The van der Waals surface area contributed by atoms with Crippen molar-refractivity contribution in [3.8, 4) is 0 Å². The van der Waals surface area contributed by atoms with Crippen LogP contribution >= 0.6 is 0 Å². The zero-order valence-electron chi connectivity index (χ0n) is 8.20. The minimum Gasteiger partial charge on any atom is -0.353 e. The van der Waals surface area contributed by atoms with Crippen LogP contribution < -0.4 is 5.32 Å². The van der Waals surface area contributed by atoms with Crippen molar-refractivity contribution in [3.63, 3.8) is 0 Å². The fourth-order valence-corrected chi connectivity index (χ4v) is 1.47. The lowest BCUT2D eigenvalue weighted by Crippen LogP contribution is -2.10. The Morgan fingerprint density at radius 3 is 3.20 bits per heavy atom. The summed E-state index contributed by atoms with van der Waals surface area (Å²) in [6, 6.07) is 1.68. The fraction of sp³-hybridized carbons (Fsp3) is 0.200. The lowest BCUT2D eigenvalue weighted by molar-refractivity contribution is -0.109. The average molecular weight is 207 g/mol. The highest BCUT2D eigenvalue weighted by Gasteiger charge is 2.10. The summed E-state index contributed by atoms with van der Waals surface area (Å²) >= 11 is 0. The van der Waals surface area contributed by atoms with Gasteiger partial charge in [-0.3, -0.25) is 4.79 Å². The molecule has 0 saturated heterocycles. The standard InChI is InChI=1S/C10H10FN3O/c1-7-2-3-14-5-13-8(4-12-6-15)10(14)9(7)11/h2-3,5-6H,4H2,1H3,(H,12,15). The van der Waals surface area contributed by atoms with Gasteiger partial charge in [0, 0.05) is 6.20 Å². The van der Waals surface area contributed by atoms with E-state index in [1.54, 1.807) is 23.6 Å². The number of carbonyl (C=O) groups excluding carboxylic acids is 1. The Balaban J connectivity index is 2.56. The van der Waals surface area contributed by atoms with Crippen LogP contribution in [0.5, 0.6) is 0 Å². The Labute approximate surface area is 85.7 Å². The topological polar surface area (TPSA) is 46.4 Å². The summed E-state index contributed by atoms with van der Waals surface area (Å²) in [6.07, 6.45) is 3.84. The van der Waals surface area contributed by atoms with Crippen LogP contribution in [0.1, 0.15) is 11.3 Å². The number of carbonyl (C=O) groups is 1. The number of pyridine rings is 1. The number of nitrogens with zero attached hydrogens (tertiary/aromatic N) is 2. The molecular weight excluding hydrogens is 197 g/mol. The van der Waals surface area contributed by atoms with E-state index < -0.39 is 0 Å². The molecule has 1 amide bonds. The number of halogens is 1. The quantitative estimate of drug-likeness (QED) is 0.764. The van der Waals surface area contributed by atoms with Crippen molar-refractivity contribution in [2.45, 2.75) is 13.5 Å². The van der Waals surface area contributed by atoms with E-state index in [1.165, 1.54) is 6.33 Å². The molecule has 0 spiro atoms. The Morgan fingerprint density at radius 2 is 2.47 bits per heavy atom. The number of hydrogen-bond acceptors (Lipinski definition) is 2. The Bertz CT molecular complexity index is 507. The fourth-order valence-electron chi connectivity index (χ4n) is 1.47. The number of aryl methyl sites for hydroxylation is 1. The van der Waals surface area contributed by atoms with Crippen LogP contribution in [0.2, 0.25) is 0 Å². The minimum atomic E-state index is -0.294. The van der Waals surface area contributed by atoms with Crippen LogP contribution in [0.4, 0.5) is 4.39 Å². The first-order valence-corrected chi connectivity index (χ1v) is 4.51. The van der Waals surface area contributed by atoms with Gasteiger partial charge in [-0.2, -0.15) is 0 Å². The van der Waals surface area contributed by atoms with Crippen molar-refractivity contribution in [1.82, 2.24) is 14.7 Å². The van der Waals surface area contributed by atoms with Gasteiger partial charge in [-0.05, 0) is 18.6 Å². The van der Waals surface area contributed by atoms with Gasteiger partial charge in [-0.1, -0.05) is 0 Å². The summed E-state index contributed by atoms with van der Waals surface area (Å²) in [5.41, 5.74) is 1.52. The maximum absolute atomic E-state index is 13.7.